The van der Waals surface area contributed by atoms with E-state index >= 15 is 0 Å². The molecule has 2 rings (SSSR count). The van der Waals surface area contributed by atoms with Crippen molar-refractivity contribution >= 4 is 10.9 Å². The van der Waals surface area contributed by atoms with Gasteiger partial charge in [-0.2, -0.15) is 0 Å². The minimum Gasteiger partial charge on any atom is -0.508 e. The molecule has 3 nitrogen and oxygen atoms in total. The molecule has 3 heteroatoms. The second-order valence-corrected chi connectivity index (χ2v) is 3.16. The fourth-order valence-corrected chi connectivity index (χ4v) is 1.63. The van der Waals surface area contributed by atoms with Gasteiger partial charge in [-0.3, -0.25) is 0 Å². The van der Waals surface area contributed by atoms with Crippen LogP contribution in [0.25, 0.3) is 10.9 Å². The molecule has 0 saturated heterocycles. The predicted octanol–water partition coefficient (Wildman–Crippen LogP) is 1.64. The number of phenolic OH excluding ortho intramolecular Hbond substituents is 1. The normalized spacial score (nSPS) is 10.9. The van der Waals surface area contributed by atoms with Gasteiger partial charge in [0.15, 0.2) is 0 Å². The average Bonchev–Trinajstić information content (AvgIpc) is 2.40. The van der Waals surface area contributed by atoms with Crippen molar-refractivity contribution in [1.29, 1.82) is 0 Å². The molecule has 2 aromatic rings. The maximum Gasteiger partial charge on any atom is 0.116 e. The monoisotopic (exact) mass is 176 g/mol. The molecule has 0 atom stereocenters. The van der Waals surface area contributed by atoms with Crippen molar-refractivity contribution in [2.24, 2.45) is 5.73 Å². The molecule has 4 N–H and O–H groups in total. The van der Waals surface area contributed by atoms with Crippen molar-refractivity contribution in [3.8, 4) is 5.75 Å². The van der Waals surface area contributed by atoms with Gasteiger partial charge in [0.25, 0.3) is 0 Å². The predicted molar refractivity (Wildman–Crippen MR) is 52.6 cm³/mol. The zero-order chi connectivity index (χ0) is 9.42. The standard InChI is InChI=1S/C10H12N2O/c1-6-9(5-11)8-4-7(13)2-3-10(8)12-6/h2-4,12-13H,5,11H2,1H3. The van der Waals surface area contributed by atoms with Gasteiger partial charge in [0.1, 0.15) is 5.75 Å². The summed E-state index contributed by atoms with van der Waals surface area (Å²) >= 11 is 0. The number of aromatic nitrogens is 1. The molecule has 0 saturated carbocycles. The molecule has 0 aliphatic rings. The molecule has 68 valence electrons. The Kier molecular flexibility index (Phi) is 1.74. The largest absolute Gasteiger partial charge is 0.508 e. The Hall–Kier alpha value is -1.48. The highest BCUT2D eigenvalue weighted by atomic mass is 16.3. The zero-order valence-electron chi connectivity index (χ0n) is 7.46. The van der Waals surface area contributed by atoms with E-state index in [0.29, 0.717) is 6.54 Å². The first-order valence-electron chi connectivity index (χ1n) is 4.22. The van der Waals surface area contributed by atoms with Crippen LogP contribution in [0.2, 0.25) is 0 Å². The van der Waals surface area contributed by atoms with Crippen LogP contribution < -0.4 is 5.73 Å². The Morgan fingerprint density at radius 2 is 2.23 bits per heavy atom. The van der Waals surface area contributed by atoms with Crippen molar-refractivity contribution in [3.63, 3.8) is 0 Å². The lowest BCUT2D eigenvalue weighted by atomic mass is 10.1. The Bertz CT molecular complexity index is 445. The number of phenols is 1. The van der Waals surface area contributed by atoms with Gasteiger partial charge in [-0.05, 0) is 30.7 Å². The Morgan fingerprint density at radius 3 is 2.92 bits per heavy atom. The molecule has 0 amide bonds. The van der Waals surface area contributed by atoms with E-state index in [1.54, 1.807) is 12.1 Å². The summed E-state index contributed by atoms with van der Waals surface area (Å²) in [6, 6.07) is 5.26. The number of benzene rings is 1. The van der Waals surface area contributed by atoms with Gasteiger partial charge in [-0.1, -0.05) is 0 Å². The number of nitrogens with one attached hydrogen (secondary N) is 1. The number of hydrogen-bond acceptors (Lipinski definition) is 2. The molecular weight excluding hydrogens is 164 g/mol. The van der Waals surface area contributed by atoms with E-state index in [1.807, 2.05) is 13.0 Å². The van der Waals surface area contributed by atoms with Crippen LogP contribution in [0.4, 0.5) is 0 Å². The summed E-state index contributed by atoms with van der Waals surface area (Å²) in [6.45, 7) is 2.48. The fourth-order valence-electron chi connectivity index (χ4n) is 1.63. The van der Waals surface area contributed by atoms with E-state index < -0.39 is 0 Å². The van der Waals surface area contributed by atoms with Crippen molar-refractivity contribution < 1.29 is 5.11 Å². The SMILES string of the molecule is Cc1[nH]c2ccc(O)cc2c1CN. The van der Waals surface area contributed by atoms with Gasteiger partial charge in [0.2, 0.25) is 0 Å². The number of hydrogen-bond donors (Lipinski definition) is 3. The van der Waals surface area contributed by atoms with Crippen LogP contribution in [0.15, 0.2) is 18.2 Å². The highest BCUT2D eigenvalue weighted by Crippen LogP contribution is 2.25. The molecule has 0 fully saturated rings. The fraction of sp³-hybridized carbons (Fsp3) is 0.200. The lowest BCUT2D eigenvalue weighted by molar-refractivity contribution is 0.476. The molecule has 0 radical (unpaired) electrons. The molecule has 0 aliphatic heterocycles. The summed E-state index contributed by atoms with van der Waals surface area (Å²) in [5, 5.41) is 10.3. The maximum absolute atomic E-state index is 9.30. The number of aryl methyl sites for hydroxylation is 1. The number of aromatic amines is 1. The molecule has 0 bridgehead atoms. The van der Waals surface area contributed by atoms with Crippen molar-refractivity contribution in [2.45, 2.75) is 13.5 Å². The summed E-state index contributed by atoms with van der Waals surface area (Å²) in [5.74, 6) is 0.279. The van der Waals surface area contributed by atoms with Crippen molar-refractivity contribution in [2.75, 3.05) is 0 Å². The number of rotatable bonds is 1. The van der Waals surface area contributed by atoms with Crippen molar-refractivity contribution in [3.05, 3.63) is 29.5 Å². The zero-order valence-corrected chi connectivity index (χ0v) is 7.46. The van der Waals surface area contributed by atoms with Crippen LogP contribution in [0.3, 0.4) is 0 Å². The topological polar surface area (TPSA) is 62.0 Å². The smallest absolute Gasteiger partial charge is 0.116 e. The van der Waals surface area contributed by atoms with Gasteiger partial charge in [-0.15, -0.1) is 0 Å². The molecular formula is C10H12N2O. The maximum atomic E-state index is 9.30. The van der Waals surface area contributed by atoms with E-state index in [-0.39, 0.29) is 5.75 Å². The molecule has 1 heterocycles. The number of H-pyrrole nitrogens is 1. The first-order valence-corrected chi connectivity index (χ1v) is 4.22. The Morgan fingerprint density at radius 1 is 1.46 bits per heavy atom. The molecule has 1 aromatic heterocycles. The van der Waals surface area contributed by atoms with Crippen molar-refractivity contribution in [1.82, 2.24) is 4.98 Å². The van der Waals surface area contributed by atoms with Gasteiger partial charge in [-0.25, -0.2) is 0 Å². The third kappa shape index (κ3) is 1.17. The second kappa shape index (κ2) is 2.78. The number of aromatic hydroxyl groups is 1. The first-order chi connectivity index (χ1) is 6.22. The first kappa shape index (κ1) is 8.13. The van der Waals surface area contributed by atoms with Crippen LogP contribution in [0, 0.1) is 6.92 Å². The van der Waals surface area contributed by atoms with E-state index in [0.717, 1.165) is 22.2 Å². The molecule has 0 spiro atoms. The third-order valence-corrected chi connectivity index (χ3v) is 2.31. The number of fused-ring (bicyclic) bond motifs is 1. The third-order valence-electron chi connectivity index (χ3n) is 2.31. The van der Waals surface area contributed by atoms with Crippen LogP contribution >= 0.6 is 0 Å². The second-order valence-electron chi connectivity index (χ2n) is 3.16. The van der Waals surface area contributed by atoms with Gasteiger partial charge >= 0.3 is 0 Å². The van der Waals surface area contributed by atoms with Gasteiger partial charge < -0.3 is 15.8 Å². The molecule has 13 heavy (non-hydrogen) atoms. The molecule has 1 aromatic carbocycles. The van der Waals surface area contributed by atoms with E-state index in [9.17, 15) is 5.11 Å². The lowest BCUT2D eigenvalue weighted by Crippen LogP contribution is -1.96. The minimum absolute atomic E-state index is 0.279. The highest BCUT2D eigenvalue weighted by molar-refractivity contribution is 5.85. The molecule has 0 unspecified atom stereocenters. The van der Waals surface area contributed by atoms with E-state index in [2.05, 4.69) is 4.98 Å². The summed E-state index contributed by atoms with van der Waals surface area (Å²) in [7, 11) is 0. The summed E-state index contributed by atoms with van der Waals surface area (Å²) in [6.07, 6.45) is 0. The Labute approximate surface area is 76.2 Å². The molecule has 0 aliphatic carbocycles. The van der Waals surface area contributed by atoms with Crippen LogP contribution in [0.5, 0.6) is 5.75 Å². The quantitative estimate of drug-likeness (QED) is 0.618. The van der Waals surface area contributed by atoms with Crippen LogP contribution in [-0.4, -0.2) is 10.1 Å². The van der Waals surface area contributed by atoms with Gasteiger partial charge in [0.05, 0.1) is 0 Å². The number of nitrogens with two attached hydrogens (primary N) is 1. The Balaban J connectivity index is 2.80. The van der Waals surface area contributed by atoms with Gasteiger partial charge in [0, 0.05) is 23.1 Å². The summed E-state index contributed by atoms with van der Waals surface area (Å²) < 4.78 is 0. The highest BCUT2D eigenvalue weighted by Gasteiger charge is 2.06. The van der Waals surface area contributed by atoms with E-state index in [1.165, 1.54) is 0 Å². The summed E-state index contributed by atoms with van der Waals surface area (Å²) in [5.41, 5.74) is 8.78. The summed E-state index contributed by atoms with van der Waals surface area (Å²) in [4.78, 5) is 3.21. The van der Waals surface area contributed by atoms with E-state index in [4.69, 9.17) is 5.73 Å². The minimum atomic E-state index is 0.279. The average molecular weight is 176 g/mol. The lowest BCUT2D eigenvalue weighted by Gasteiger charge is -1.95. The van der Waals surface area contributed by atoms with Crippen LogP contribution in [-0.2, 0) is 6.54 Å². The van der Waals surface area contributed by atoms with Crippen LogP contribution in [0.1, 0.15) is 11.3 Å².